The Morgan fingerprint density at radius 1 is 1.14 bits per heavy atom. The molecular formula is C21H24N4O3. The highest BCUT2D eigenvalue weighted by atomic mass is 16.2. The maximum absolute atomic E-state index is 13.0. The zero-order valence-corrected chi connectivity index (χ0v) is 15.8. The Kier molecular flexibility index (Phi) is 5.93. The molecule has 0 saturated carbocycles. The summed E-state index contributed by atoms with van der Waals surface area (Å²) >= 11 is 0. The van der Waals surface area contributed by atoms with Crippen LogP contribution in [0.2, 0.25) is 0 Å². The number of carbonyl (C=O) groups is 3. The second-order valence-corrected chi connectivity index (χ2v) is 6.81. The van der Waals surface area contributed by atoms with Crippen molar-refractivity contribution in [3.63, 3.8) is 0 Å². The van der Waals surface area contributed by atoms with Gasteiger partial charge in [0.15, 0.2) is 0 Å². The van der Waals surface area contributed by atoms with Crippen LogP contribution in [0, 0.1) is 0 Å². The highest BCUT2D eigenvalue weighted by molar-refractivity contribution is 6.02. The second-order valence-electron chi connectivity index (χ2n) is 6.81. The number of nitrogens with one attached hydrogen (secondary N) is 1. The highest BCUT2D eigenvalue weighted by Gasteiger charge is 2.34. The molecule has 2 aromatic carbocycles. The molecule has 1 unspecified atom stereocenters. The lowest BCUT2D eigenvalue weighted by atomic mass is 10.0. The number of nitrogens with two attached hydrogens (primary N) is 1. The van der Waals surface area contributed by atoms with Gasteiger partial charge in [-0.25, -0.2) is 4.79 Å². The third-order valence-corrected chi connectivity index (χ3v) is 4.93. The summed E-state index contributed by atoms with van der Waals surface area (Å²) in [5.74, 6) is -0.266. The van der Waals surface area contributed by atoms with Crippen LogP contribution in [0.25, 0.3) is 0 Å². The van der Waals surface area contributed by atoms with Gasteiger partial charge in [0, 0.05) is 31.4 Å². The third-order valence-electron chi connectivity index (χ3n) is 4.93. The lowest BCUT2D eigenvalue weighted by Crippen LogP contribution is -2.53. The van der Waals surface area contributed by atoms with E-state index in [0.717, 1.165) is 17.7 Å². The Morgan fingerprint density at radius 3 is 2.46 bits per heavy atom. The van der Waals surface area contributed by atoms with E-state index in [0.29, 0.717) is 25.1 Å². The Labute approximate surface area is 164 Å². The monoisotopic (exact) mass is 380 g/mol. The first-order valence-electron chi connectivity index (χ1n) is 9.23. The lowest BCUT2D eigenvalue weighted by molar-refractivity contribution is -0.124. The molecular weight excluding hydrogens is 356 g/mol. The van der Waals surface area contributed by atoms with Crippen LogP contribution < -0.4 is 16.0 Å². The van der Waals surface area contributed by atoms with Gasteiger partial charge in [-0.05, 0) is 42.7 Å². The van der Waals surface area contributed by atoms with E-state index in [1.54, 1.807) is 36.2 Å². The molecule has 1 aliphatic rings. The number of nitrogens with zero attached hydrogens (tertiary/aromatic N) is 2. The molecule has 0 aromatic heterocycles. The molecule has 0 bridgehead atoms. The number of hydrogen-bond acceptors (Lipinski definition) is 3. The van der Waals surface area contributed by atoms with Gasteiger partial charge >= 0.3 is 6.03 Å². The van der Waals surface area contributed by atoms with E-state index >= 15 is 0 Å². The van der Waals surface area contributed by atoms with Crippen LogP contribution in [-0.2, 0) is 11.3 Å². The van der Waals surface area contributed by atoms with E-state index in [4.69, 9.17) is 5.73 Å². The SMILES string of the molecule is CN(C(=O)c1ccc(CNC(N)=O)cc1)C1CCCN(c2ccccc2)C1=O. The summed E-state index contributed by atoms with van der Waals surface area (Å²) in [4.78, 5) is 39.9. The first-order valence-corrected chi connectivity index (χ1v) is 9.23. The average molecular weight is 380 g/mol. The molecule has 3 N–H and O–H groups in total. The van der Waals surface area contributed by atoms with Gasteiger partial charge in [-0.2, -0.15) is 0 Å². The van der Waals surface area contributed by atoms with E-state index in [1.165, 1.54) is 4.90 Å². The average Bonchev–Trinajstić information content (AvgIpc) is 2.72. The van der Waals surface area contributed by atoms with E-state index in [9.17, 15) is 14.4 Å². The molecule has 28 heavy (non-hydrogen) atoms. The molecule has 1 saturated heterocycles. The smallest absolute Gasteiger partial charge is 0.312 e. The summed E-state index contributed by atoms with van der Waals surface area (Å²) in [6.07, 6.45) is 1.48. The second kappa shape index (κ2) is 8.56. The van der Waals surface area contributed by atoms with Gasteiger partial charge in [0.2, 0.25) is 5.91 Å². The lowest BCUT2D eigenvalue weighted by Gasteiger charge is -2.36. The summed E-state index contributed by atoms with van der Waals surface area (Å²) < 4.78 is 0. The van der Waals surface area contributed by atoms with Gasteiger partial charge in [0.25, 0.3) is 5.91 Å². The Hall–Kier alpha value is -3.35. The number of urea groups is 1. The Balaban J connectivity index is 1.70. The molecule has 7 nitrogen and oxygen atoms in total. The number of amides is 4. The zero-order valence-electron chi connectivity index (χ0n) is 15.8. The molecule has 3 rings (SSSR count). The predicted octanol–water partition coefficient (Wildman–Crippen LogP) is 2.12. The largest absolute Gasteiger partial charge is 0.352 e. The molecule has 1 heterocycles. The molecule has 2 aromatic rings. The number of benzene rings is 2. The van der Waals surface area contributed by atoms with Gasteiger partial charge in [0.05, 0.1) is 0 Å². The molecule has 0 radical (unpaired) electrons. The first-order chi connectivity index (χ1) is 13.5. The molecule has 0 aliphatic carbocycles. The first kappa shape index (κ1) is 19.4. The van der Waals surface area contributed by atoms with E-state index in [-0.39, 0.29) is 11.8 Å². The molecule has 0 spiro atoms. The van der Waals surface area contributed by atoms with Crippen LogP contribution in [0.1, 0.15) is 28.8 Å². The van der Waals surface area contributed by atoms with Crippen LogP contribution >= 0.6 is 0 Å². The van der Waals surface area contributed by atoms with Gasteiger partial charge in [-0.15, -0.1) is 0 Å². The molecule has 7 heteroatoms. The maximum atomic E-state index is 13.0. The number of rotatable bonds is 5. The van der Waals surface area contributed by atoms with Crippen molar-refractivity contribution in [2.24, 2.45) is 5.73 Å². The third kappa shape index (κ3) is 4.31. The predicted molar refractivity (Wildman–Crippen MR) is 107 cm³/mol. The van der Waals surface area contributed by atoms with Crippen LogP contribution in [-0.4, -0.2) is 42.4 Å². The van der Waals surface area contributed by atoms with Crippen molar-refractivity contribution in [3.8, 4) is 0 Å². The normalized spacial score (nSPS) is 16.5. The number of hydrogen-bond donors (Lipinski definition) is 2. The molecule has 146 valence electrons. The van der Waals surface area contributed by atoms with Crippen molar-refractivity contribution < 1.29 is 14.4 Å². The fraction of sp³-hybridized carbons (Fsp3) is 0.286. The van der Waals surface area contributed by atoms with Gasteiger partial charge in [0.1, 0.15) is 6.04 Å². The van der Waals surface area contributed by atoms with Crippen molar-refractivity contribution in [2.75, 3.05) is 18.5 Å². The number of carbonyl (C=O) groups excluding carboxylic acids is 3. The number of para-hydroxylation sites is 1. The van der Waals surface area contributed by atoms with E-state index in [1.807, 2.05) is 30.3 Å². The molecule has 1 aliphatic heterocycles. The van der Waals surface area contributed by atoms with Gasteiger partial charge < -0.3 is 20.9 Å². The van der Waals surface area contributed by atoms with Crippen molar-refractivity contribution in [2.45, 2.75) is 25.4 Å². The highest BCUT2D eigenvalue weighted by Crippen LogP contribution is 2.24. The number of piperidine rings is 1. The van der Waals surface area contributed by atoms with E-state index in [2.05, 4.69) is 5.32 Å². The Bertz CT molecular complexity index is 852. The minimum Gasteiger partial charge on any atom is -0.352 e. The van der Waals surface area contributed by atoms with Crippen LogP contribution in [0.15, 0.2) is 54.6 Å². The van der Waals surface area contributed by atoms with Crippen molar-refractivity contribution >= 4 is 23.5 Å². The van der Waals surface area contributed by atoms with Crippen molar-refractivity contribution in [3.05, 3.63) is 65.7 Å². The fourth-order valence-electron chi connectivity index (χ4n) is 3.38. The summed E-state index contributed by atoms with van der Waals surface area (Å²) in [6.45, 7) is 0.954. The summed E-state index contributed by atoms with van der Waals surface area (Å²) in [7, 11) is 1.67. The standard InChI is InChI=1S/C21H24N4O3/c1-24(19(26)16-11-9-15(10-12-16)14-23-21(22)28)18-8-5-13-25(20(18)27)17-6-3-2-4-7-17/h2-4,6-7,9-12,18H,5,8,13-14H2,1H3,(H3,22,23,28). The number of primary amides is 1. The van der Waals surface area contributed by atoms with Gasteiger partial charge in [-0.3, -0.25) is 9.59 Å². The van der Waals surface area contributed by atoms with Crippen molar-refractivity contribution in [1.82, 2.24) is 10.2 Å². The number of likely N-dealkylation sites (N-methyl/N-ethyl adjacent to an activating group) is 1. The molecule has 4 amide bonds. The van der Waals surface area contributed by atoms with Crippen LogP contribution in [0.5, 0.6) is 0 Å². The summed E-state index contributed by atoms with van der Waals surface area (Å²) in [5, 5.41) is 2.50. The summed E-state index contributed by atoms with van der Waals surface area (Å²) in [5.41, 5.74) is 7.24. The number of anilines is 1. The molecule has 1 atom stereocenters. The fourth-order valence-corrected chi connectivity index (χ4v) is 3.38. The Morgan fingerprint density at radius 2 is 1.82 bits per heavy atom. The minimum atomic E-state index is -0.598. The van der Waals surface area contributed by atoms with Gasteiger partial charge in [-0.1, -0.05) is 30.3 Å². The summed E-state index contributed by atoms with van der Waals surface area (Å²) in [6, 6.07) is 15.3. The van der Waals surface area contributed by atoms with Crippen molar-refractivity contribution in [1.29, 1.82) is 0 Å². The molecule has 1 fully saturated rings. The van der Waals surface area contributed by atoms with E-state index < -0.39 is 12.1 Å². The topological polar surface area (TPSA) is 95.7 Å². The van der Waals surface area contributed by atoms with Crippen LogP contribution in [0.3, 0.4) is 0 Å². The maximum Gasteiger partial charge on any atom is 0.312 e. The van der Waals surface area contributed by atoms with Crippen LogP contribution in [0.4, 0.5) is 10.5 Å². The zero-order chi connectivity index (χ0) is 20.1. The quantitative estimate of drug-likeness (QED) is 0.832. The minimum absolute atomic E-state index is 0.0596.